The first-order valence-corrected chi connectivity index (χ1v) is 6.25. The summed E-state index contributed by atoms with van der Waals surface area (Å²) >= 11 is 0. The first-order chi connectivity index (χ1) is 9.66. The molecule has 1 aromatic rings. The van der Waals surface area contributed by atoms with Gasteiger partial charge in [-0.05, 0) is 24.3 Å². The van der Waals surface area contributed by atoms with Gasteiger partial charge in [0.05, 0.1) is 0 Å². The van der Waals surface area contributed by atoms with Gasteiger partial charge in [0.2, 0.25) is 0 Å². The van der Waals surface area contributed by atoms with Crippen LogP contribution in [0.15, 0.2) is 29.4 Å². The van der Waals surface area contributed by atoms with E-state index >= 15 is 0 Å². The lowest BCUT2D eigenvalue weighted by molar-refractivity contribution is 0.100. The van der Waals surface area contributed by atoms with Crippen molar-refractivity contribution in [3.8, 4) is 0 Å². The number of anilines is 1. The van der Waals surface area contributed by atoms with E-state index in [4.69, 9.17) is 0 Å². The lowest BCUT2D eigenvalue weighted by atomic mass is 10.1. The molecule has 0 saturated carbocycles. The summed E-state index contributed by atoms with van der Waals surface area (Å²) in [6.07, 6.45) is 1.58. The zero-order chi connectivity index (χ0) is 14.4. The zero-order valence-corrected chi connectivity index (χ0v) is 11.5. The van der Waals surface area contributed by atoms with Gasteiger partial charge in [-0.15, -0.1) is 0 Å². The minimum Gasteiger partial charge on any atom is -0.378 e. The van der Waals surface area contributed by atoms with Crippen molar-refractivity contribution in [2.24, 2.45) is 5.10 Å². The Morgan fingerprint density at radius 2 is 1.95 bits per heavy atom. The maximum atomic E-state index is 11.9. The summed E-state index contributed by atoms with van der Waals surface area (Å²) in [5, 5.41) is 3.96. The molecule has 1 aliphatic heterocycles. The molecule has 0 radical (unpaired) electrons. The van der Waals surface area contributed by atoms with E-state index in [2.05, 4.69) is 32.4 Å². The van der Waals surface area contributed by atoms with Crippen molar-refractivity contribution in [2.75, 3.05) is 19.0 Å². The topological polar surface area (TPSA) is 92.8 Å². The predicted octanol–water partition coefficient (Wildman–Crippen LogP) is -0.699. The maximum Gasteiger partial charge on any atom is 0.175 e. The van der Waals surface area contributed by atoms with Crippen LogP contribution in [0.2, 0.25) is 0 Å². The number of rotatable bonds is 6. The smallest absolute Gasteiger partial charge is 0.175 e. The molecule has 1 fully saturated rings. The van der Waals surface area contributed by atoms with E-state index in [1.165, 1.54) is 0 Å². The monoisotopic (exact) mass is 277 g/mol. The van der Waals surface area contributed by atoms with Crippen molar-refractivity contribution in [2.45, 2.75) is 12.7 Å². The average Bonchev–Trinajstić information content (AvgIpc) is 2.96. The predicted molar refractivity (Wildman–Crippen MR) is 77.7 cm³/mol. The van der Waals surface area contributed by atoms with Gasteiger partial charge in [0, 0.05) is 38.0 Å². The molecule has 8 heteroatoms. The molecule has 1 heterocycles. The minimum atomic E-state index is -0.222. The SMILES string of the molecule is CN(C)c1ccc(C(=O)C/C=N/NC2NNNN2)cc1. The maximum absolute atomic E-state index is 11.9. The van der Waals surface area contributed by atoms with Crippen molar-refractivity contribution >= 4 is 17.7 Å². The Balaban J connectivity index is 1.80. The van der Waals surface area contributed by atoms with Gasteiger partial charge >= 0.3 is 0 Å². The lowest BCUT2D eigenvalue weighted by Gasteiger charge is -2.12. The van der Waals surface area contributed by atoms with Gasteiger partial charge in [-0.3, -0.25) is 10.2 Å². The summed E-state index contributed by atoms with van der Waals surface area (Å²) < 4.78 is 0. The van der Waals surface area contributed by atoms with Gasteiger partial charge in [0.25, 0.3) is 0 Å². The molecule has 0 amide bonds. The van der Waals surface area contributed by atoms with Crippen molar-refractivity contribution in [3.63, 3.8) is 0 Å². The number of carbonyl (C=O) groups excluding carboxylic acids is 1. The molecule has 0 atom stereocenters. The van der Waals surface area contributed by atoms with Crippen molar-refractivity contribution < 1.29 is 4.79 Å². The standard InChI is InChI=1S/C12H19N7O/c1-19(2)10-5-3-9(4-6-10)11(20)7-8-13-14-12-15-17-18-16-12/h3-6,8,12,14-18H,7H2,1-2H3/b13-8+. The summed E-state index contributed by atoms with van der Waals surface area (Å²) in [6, 6.07) is 7.50. The zero-order valence-electron chi connectivity index (χ0n) is 11.5. The van der Waals surface area contributed by atoms with Crippen LogP contribution >= 0.6 is 0 Å². The number of hydrogen-bond donors (Lipinski definition) is 5. The second-order valence-electron chi connectivity index (χ2n) is 4.48. The summed E-state index contributed by atoms with van der Waals surface area (Å²) in [5.41, 5.74) is 15.4. The van der Waals surface area contributed by atoms with Gasteiger partial charge in [-0.2, -0.15) is 16.2 Å². The Morgan fingerprint density at radius 3 is 2.55 bits per heavy atom. The Labute approximate surface area is 117 Å². The van der Waals surface area contributed by atoms with E-state index in [0.717, 1.165) is 5.69 Å². The molecule has 0 aromatic heterocycles. The van der Waals surface area contributed by atoms with Crippen LogP contribution in [0.4, 0.5) is 5.69 Å². The van der Waals surface area contributed by atoms with E-state index in [9.17, 15) is 4.79 Å². The summed E-state index contributed by atoms with van der Waals surface area (Å²) in [6.45, 7) is 0. The van der Waals surface area contributed by atoms with Crippen molar-refractivity contribution in [1.82, 2.24) is 27.3 Å². The van der Waals surface area contributed by atoms with Crippen molar-refractivity contribution in [3.05, 3.63) is 29.8 Å². The van der Waals surface area contributed by atoms with Crippen LogP contribution in [0.5, 0.6) is 0 Å². The Bertz CT molecular complexity index is 465. The number of benzene rings is 1. The highest BCUT2D eigenvalue weighted by molar-refractivity contribution is 6.03. The van der Waals surface area contributed by atoms with Gasteiger partial charge in [-0.25, -0.2) is 10.9 Å². The molecule has 1 aromatic carbocycles. The molecule has 0 bridgehead atoms. The molecule has 108 valence electrons. The second-order valence-corrected chi connectivity index (χ2v) is 4.48. The Hall–Kier alpha value is -2.00. The second kappa shape index (κ2) is 6.96. The quantitative estimate of drug-likeness (QED) is 0.267. The highest BCUT2D eigenvalue weighted by Gasteiger charge is 2.09. The van der Waals surface area contributed by atoms with Crippen LogP contribution in [0.25, 0.3) is 0 Å². The third kappa shape index (κ3) is 4.00. The highest BCUT2D eigenvalue weighted by Crippen LogP contribution is 2.13. The van der Waals surface area contributed by atoms with Gasteiger partial charge in [-0.1, -0.05) is 0 Å². The molecule has 1 aliphatic rings. The van der Waals surface area contributed by atoms with Crippen LogP contribution in [0.1, 0.15) is 16.8 Å². The number of hydrazine groups is 3. The number of hydrogen-bond acceptors (Lipinski definition) is 8. The molecular weight excluding hydrogens is 258 g/mol. The molecule has 0 unspecified atom stereocenters. The Kier molecular flexibility index (Phi) is 5.02. The minimum absolute atomic E-state index is 0.0319. The Morgan fingerprint density at radius 1 is 1.30 bits per heavy atom. The molecule has 5 N–H and O–H groups in total. The summed E-state index contributed by atoms with van der Waals surface area (Å²) in [7, 11) is 3.92. The number of ketones is 1. The summed E-state index contributed by atoms with van der Waals surface area (Å²) in [4.78, 5) is 13.9. The van der Waals surface area contributed by atoms with Crippen molar-refractivity contribution in [1.29, 1.82) is 0 Å². The average molecular weight is 277 g/mol. The molecule has 0 aliphatic carbocycles. The number of nitrogens with zero attached hydrogens (tertiary/aromatic N) is 2. The van der Waals surface area contributed by atoms with E-state index in [-0.39, 0.29) is 18.5 Å². The number of carbonyl (C=O) groups is 1. The third-order valence-corrected chi connectivity index (χ3v) is 2.77. The van der Waals surface area contributed by atoms with Crippen LogP contribution in [-0.2, 0) is 0 Å². The number of hydrazone groups is 1. The molecule has 1 saturated heterocycles. The lowest BCUT2D eigenvalue weighted by Crippen LogP contribution is -2.44. The van der Waals surface area contributed by atoms with Crippen LogP contribution in [-0.4, -0.2) is 32.4 Å². The normalized spacial score (nSPS) is 15.7. The fourth-order valence-corrected chi connectivity index (χ4v) is 1.64. The van der Waals surface area contributed by atoms with Crippen LogP contribution in [0, 0.1) is 0 Å². The van der Waals surface area contributed by atoms with E-state index in [0.29, 0.717) is 5.56 Å². The first kappa shape index (κ1) is 14.4. The number of Topliss-reactive ketones (excluding diaryl/α,β-unsaturated/α-hetero) is 1. The van der Waals surface area contributed by atoms with Crippen LogP contribution < -0.4 is 32.2 Å². The molecule has 0 spiro atoms. The largest absolute Gasteiger partial charge is 0.378 e. The molecular formula is C12H19N7O. The van der Waals surface area contributed by atoms with Gasteiger partial charge < -0.3 is 4.90 Å². The van der Waals surface area contributed by atoms with Crippen LogP contribution in [0.3, 0.4) is 0 Å². The highest BCUT2D eigenvalue weighted by atomic mass is 16.1. The van der Waals surface area contributed by atoms with Gasteiger partial charge in [0.15, 0.2) is 12.1 Å². The van der Waals surface area contributed by atoms with Gasteiger partial charge in [0.1, 0.15) is 0 Å². The molecule has 8 nitrogen and oxygen atoms in total. The fraction of sp³-hybridized carbons (Fsp3) is 0.333. The summed E-state index contributed by atoms with van der Waals surface area (Å²) in [5.74, 6) is 0.0319. The molecule has 2 rings (SSSR count). The van der Waals surface area contributed by atoms with E-state index in [1.807, 2.05) is 43.3 Å². The van der Waals surface area contributed by atoms with E-state index in [1.54, 1.807) is 6.21 Å². The fourth-order valence-electron chi connectivity index (χ4n) is 1.64. The third-order valence-electron chi connectivity index (χ3n) is 2.77. The molecule has 20 heavy (non-hydrogen) atoms. The van der Waals surface area contributed by atoms with E-state index < -0.39 is 0 Å². The first-order valence-electron chi connectivity index (χ1n) is 6.25. The number of nitrogens with one attached hydrogen (secondary N) is 5.